The van der Waals surface area contributed by atoms with Crippen LogP contribution in [-0.2, 0) is 4.79 Å². The topological polar surface area (TPSA) is 62.5 Å². The van der Waals surface area contributed by atoms with Gasteiger partial charge in [0.15, 0.2) is 0 Å². The number of rotatable bonds is 4. The number of aliphatic carboxylic acids is 1. The molecule has 20 heavy (non-hydrogen) atoms. The Morgan fingerprint density at radius 3 is 2.75 bits per heavy atom. The zero-order valence-corrected chi connectivity index (χ0v) is 12.7. The van der Waals surface area contributed by atoms with Gasteiger partial charge in [-0.3, -0.25) is 4.79 Å². The van der Waals surface area contributed by atoms with E-state index in [1.165, 1.54) is 0 Å². The highest BCUT2D eigenvalue weighted by atomic mass is 16.4. The highest BCUT2D eigenvalue weighted by Crippen LogP contribution is 2.45. The lowest BCUT2D eigenvalue weighted by Gasteiger charge is -2.47. The van der Waals surface area contributed by atoms with Gasteiger partial charge in [-0.05, 0) is 43.2 Å². The molecule has 0 saturated heterocycles. The molecule has 2 N–H and O–H groups in total. The quantitative estimate of drug-likeness (QED) is 0.886. The molecule has 0 bridgehead atoms. The average Bonchev–Trinajstić information content (AvgIpc) is 2.88. The van der Waals surface area contributed by atoms with Crippen molar-refractivity contribution in [1.82, 2.24) is 5.32 Å². The third-order valence-corrected chi connectivity index (χ3v) is 5.17. The van der Waals surface area contributed by atoms with Crippen molar-refractivity contribution in [1.29, 1.82) is 0 Å². The van der Waals surface area contributed by atoms with Crippen LogP contribution < -0.4 is 5.32 Å². The Hall–Kier alpha value is -1.29. The van der Waals surface area contributed by atoms with E-state index in [1.54, 1.807) is 6.26 Å². The summed E-state index contributed by atoms with van der Waals surface area (Å²) in [7, 11) is 0. The Bertz CT molecular complexity index is 452. The minimum atomic E-state index is -0.667. The molecule has 1 saturated carbocycles. The second-order valence-electron chi connectivity index (χ2n) is 6.59. The molecule has 0 radical (unpaired) electrons. The standard InChI is InChI=1S/C16H25NO3/c1-10-13(17-11(2)14-6-5-9-20-14)8-7-12(15(18)19)16(10,3)4/h5-6,9-13,17H,7-8H2,1-4H3,(H,18,19). The van der Waals surface area contributed by atoms with Gasteiger partial charge in [-0.1, -0.05) is 20.8 Å². The van der Waals surface area contributed by atoms with E-state index in [4.69, 9.17) is 4.42 Å². The number of carbonyl (C=O) groups is 1. The lowest BCUT2D eigenvalue weighted by Crippen LogP contribution is -2.51. The fraction of sp³-hybridized carbons (Fsp3) is 0.688. The largest absolute Gasteiger partial charge is 0.481 e. The van der Waals surface area contributed by atoms with Crippen LogP contribution in [0.4, 0.5) is 0 Å². The van der Waals surface area contributed by atoms with E-state index in [9.17, 15) is 9.90 Å². The molecular formula is C16H25NO3. The summed E-state index contributed by atoms with van der Waals surface area (Å²) in [4.78, 5) is 11.4. The van der Waals surface area contributed by atoms with Crippen molar-refractivity contribution in [3.05, 3.63) is 24.2 Å². The second-order valence-corrected chi connectivity index (χ2v) is 6.59. The van der Waals surface area contributed by atoms with Gasteiger partial charge in [-0.25, -0.2) is 0 Å². The first-order valence-electron chi connectivity index (χ1n) is 7.36. The van der Waals surface area contributed by atoms with Crippen LogP contribution in [0.3, 0.4) is 0 Å². The van der Waals surface area contributed by atoms with Crippen molar-refractivity contribution in [2.45, 2.75) is 52.6 Å². The van der Waals surface area contributed by atoms with Gasteiger partial charge < -0.3 is 14.8 Å². The third kappa shape index (κ3) is 2.75. The Labute approximate surface area is 120 Å². The van der Waals surface area contributed by atoms with Crippen molar-refractivity contribution in [3.8, 4) is 0 Å². The summed E-state index contributed by atoms with van der Waals surface area (Å²) in [6.45, 7) is 8.38. The number of hydrogen-bond acceptors (Lipinski definition) is 3. The molecule has 0 amide bonds. The van der Waals surface area contributed by atoms with Crippen LogP contribution in [0, 0.1) is 17.3 Å². The third-order valence-electron chi connectivity index (χ3n) is 5.17. The fourth-order valence-electron chi connectivity index (χ4n) is 3.41. The van der Waals surface area contributed by atoms with Crippen LogP contribution in [0.1, 0.15) is 52.3 Å². The Kier molecular flexibility index (Phi) is 4.23. The van der Waals surface area contributed by atoms with Gasteiger partial charge in [-0.15, -0.1) is 0 Å². The van der Waals surface area contributed by atoms with Gasteiger partial charge >= 0.3 is 5.97 Å². The number of carboxylic acids is 1. The van der Waals surface area contributed by atoms with E-state index in [2.05, 4.69) is 33.0 Å². The number of carboxylic acid groups (broad SMARTS) is 1. The Morgan fingerprint density at radius 2 is 2.20 bits per heavy atom. The average molecular weight is 279 g/mol. The van der Waals surface area contributed by atoms with E-state index >= 15 is 0 Å². The summed E-state index contributed by atoms with van der Waals surface area (Å²) in [6, 6.07) is 4.33. The molecule has 0 aliphatic heterocycles. The highest BCUT2D eigenvalue weighted by Gasteiger charge is 2.46. The molecule has 4 unspecified atom stereocenters. The van der Waals surface area contributed by atoms with Gasteiger partial charge in [0, 0.05) is 6.04 Å². The van der Waals surface area contributed by atoms with Gasteiger partial charge in [0.1, 0.15) is 5.76 Å². The molecule has 1 heterocycles. The fourth-order valence-corrected chi connectivity index (χ4v) is 3.41. The molecule has 2 rings (SSSR count). The maximum absolute atomic E-state index is 11.4. The summed E-state index contributed by atoms with van der Waals surface area (Å²) < 4.78 is 5.43. The predicted molar refractivity (Wildman–Crippen MR) is 77.4 cm³/mol. The first-order chi connectivity index (χ1) is 9.34. The molecule has 112 valence electrons. The van der Waals surface area contributed by atoms with Gasteiger partial charge in [0.05, 0.1) is 18.2 Å². The summed E-state index contributed by atoms with van der Waals surface area (Å²) in [5.41, 5.74) is -0.204. The molecule has 4 heteroatoms. The Balaban J connectivity index is 2.06. The summed E-state index contributed by atoms with van der Waals surface area (Å²) in [6.07, 6.45) is 3.31. The first kappa shape index (κ1) is 15.1. The van der Waals surface area contributed by atoms with Crippen molar-refractivity contribution in [2.24, 2.45) is 17.3 Å². The van der Waals surface area contributed by atoms with Crippen molar-refractivity contribution in [2.75, 3.05) is 0 Å². The van der Waals surface area contributed by atoms with Crippen molar-refractivity contribution >= 4 is 5.97 Å². The maximum Gasteiger partial charge on any atom is 0.307 e. The summed E-state index contributed by atoms with van der Waals surface area (Å²) >= 11 is 0. The molecular weight excluding hydrogens is 254 g/mol. The number of furan rings is 1. The van der Waals surface area contributed by atoms with E-state index < -0.39 is 5.97 Å². The molecule has 1 fully saturated rings. The molecule has 1 aliphatic carbocycles. The van der Waals surface area contributed by atoms with Crippen LogP contribution in [0.25, 0.3) is 0 Å². The van der Waals surface area contributed by atoms with E-state index in [0.717, 1.165) is 18.6 Å². The van der Waals surface area contributed by atoms with Gasteiger partial charge in [0.2, 0.25) is 0 Å². The molecule has 1 aromatic heterocycles. The zero-order chi connectivity index (χ0) is 14.9. The normalized spacial score (nSPS) is 30.9. The second kappa shape index (κ2) is 5.60. The molecule has 1 aromatic rings. The minimum absolute atomic E-state index is 0.148. The molecule has 4 atom stereocenters. The minimum Gasteiger partial charge on any atom is -0.481 e. The van der Waals surface area contributed by atoms with E-state index in [-0.39, 0.29) is 17.4 Å². The number of hydrogen-bond donors (Lipinski definition) is 2. The predicted octanol–water partition coefficient (Wildman–Crippen LogP) is 3.46. The molecule has 4 nitrogen and oxygen atoms in total. The lowest BCUT2D eigenvalue weighted by atomic mass is 9.61. The monoisotopic (exact) mass is 279 g/mol. The molecule has 0 aromatic carbocycles. The molecule has 0 spiro atoms. The summed E-state index contributed by atoms with van der Waals surface area (Å²) in [5, 5.41) is 13.0. The summed E-state index contributed by atoms with van der Waals surface area (Å²) in [5.74, 6) is 0.305. The van der Waals surface area contributed by atoms with E-state index in [1.807, 2.05) is 12.1 Å². The van der Waals surface area contributed by atoms with E-state index in [0.29, 0.717) is 12.0 Å². The first-order valence-corrected chi connectivity index (χ1v) is 7.36. The van der Waals surface area contributed by atoms with Crippen LogP contribution in [0.15, 0.2) is 22.8 Å². The SMILES string of the molecule is CC(NC1CCC(C(=O)O)C(C)(C)C1C)c1ccco1. The van der Waals surface area contributed by atoms with Crippen LogP contribution in [-0.4, -0.2) is 17.1 Å². The van der Waals surface area contributed by atoms with Gasteiger partial charge in [-0.2, -0.15) is 0 Å². The van der Waals surface area contributed by atoms with Crippen molar-refractivity contribution < 1.29 is 14.3 Å². The van der Waals surface area contributed by atoms with Crippen LogP contribution in [0.2, 0.25) is 0 Å². The lowest BCUT2D eigenvalue weighted by molar-refractivity contribution is -0.150. The van der Waals surface area contributed by atoms with Gasteiger partial charge in [0.25, 0.3) is 0 Å². The van der Waals surface area contributed by atoms with Crippen LogP contribution in [0.5, 0.6) is 0 Å². The maximum atomic E-state index is 11.4. The molecule has 1 aliphatic rings. The highest BCUT2D eigenvalue weighted by molar-refractivity contribution is 5.71. The van der Waals surface area contributed by atoms with Crippen molar-refractivity contribution in [3.63, 3.8) is 0 Å². The Morgan fingerprint density at radius 1 is 1.50 bits per heavy atom. The smallest absolute Gasteiger partial charge is 0.307 e. The number of nitrogens with one attached hydrogen (secondary N) is 1. The zero-order valence-electron chi connectivity index (χ0n) is 12.7. The van der Waals surface area contributed by atoms with Crippen LogP contribution >= 0.6 is 0 Å².